The average Bonchev–Trinajstić information content (AvgIpc) is 3.20. The number of aryl methyl sites for hydroxylation is 1. The van der Waals surface area contributed by atoms with E-state index in [1.54, 1.807) is 23.5 Å². The molecule has 0 saturated heterocycles. The summed E-state index contributed by atoms with van der Waals surface area (Å²) in [6, 6.07) is 13.5. The zero-order chi connectivity index (χ0) is 23.2. The first-order valence-corrected chi connectivity index (χ1v) is 12.2. The Morgan fingerprint density at radius 2 is 1.94 bits per heavy atom. The molecule has 2 aromatic carbocycles. The highest BCUT2D eigenvalue weighted by molar-refractivity contribution is 7.25. The molecule has 6 nitrogen and oxygen atoms in total. The maximum Gasteiger partial charge on any atom is 0.305 e. The lowest BCUT2D eigenvalue weighted by molar-refractivity contribution is -0.140. The Bertz CT molecular complexity index is 1270. The van der Waals surface area contributed by atoms with Gasteiger partial charge in [-0.25, -0.2) is 9.97 Å². The first kappa shape index (κ1) is 23.3. The molecular weight excluding hydrogens is 458 g/mol. The molecule has 33 heavy (non-hydrogen) atoms. The van der Waals surface area contributed by atoms with Gasteiger partial charge >= 0.3 is 5.97 Å². The number of thiophene rings is 1. The number of nitrogens with zero attached hydrogens (tertiary/aromatic N) is 2. The minimum absolute atomic E-state index is 0.0718. The van der Waals surface area contributed by atoms with E-state index in [1.165, 1.54) is 11.8 Å². The molecule has 0 spiro atoms. The highest BCUT2D eigenvalue weighted by Crippen LogP contribution is 2.36. The molecule has 172 valence electrons. The monoisotopic (exact) mass is 483 g/mol. The number of hydrogen-bond acceptors (Lipinski definition) is 7. The van der Waals surface area contributed by atoms with Crippen molar-refractivity contribution in [3.63, 3.8) is 0 Å². The Labute approximate surface area is 201 Å². The topological polar surface area (TPSA) is 84.3 Å². The second kappa shape index (κ2) is 10.8. The molecule has 0 radical (unpaired) electrons. The summed E-state index contributed by atoms with van der Waals surface area (Å²) in [6.45, 7) is 0.531. The Balaban J connectivity index is 1.51. The Kier molecular flexibility index (Phi) is 7.62. The van der Waals surface area contributed by atoms with Crippen molar-refractivity contribution in [2.45, 2.75) is 45.1 Å². The number of methoxy groups -OCH3 is 1. The van der Waals surface area contributed by atoms with Gasteiger partial charge in [-0.3, -0.25) is 4.79 Å². The fourth-order valence-electron chi connectivity index (χ4n) is 3.76. The van der Waals surface area contributed by atoms with Crippen LogP contribution < -0.4 is 5.32 Å². The van der Waals surface area contributed by atoms with Crippen molar-refractivity contribution in [3.05, 3.63) is 58.9 Å². The molecule has 0 aliphatic rings. The van der Waals surface area contributed by atoms with Gasteiger partial charge in [-0.05, 0) is 36.6 Å². The summed E-state index contributed by atoms with van der Waals surface area (Å²) in [6.07, 6.45) is 5.04. The molecule has 8 heteroatoms. The largest absolute Gasteiger partial charge is 0.506 e. The minimum Gasteiger partial charge on any atom is -0.506 e. The van der Waals surface area contributed by atoms with E-state index in [2.05, 4.69) is 22.2 Å². The Morgan fingerprint density at radius 3 is 2.76 bits per heavy atom. The van der Waals surface area contributed by atoms with Crippen LogP contribution in [0.1, 0.15) is 43.5 Å². The average molecular weight is 484 g/mol. The molecule has 2 aromatic heterocycles. The first-order chi connectivity index (χ1) is 16.0. The van der Waals surface area contributed by atoms with Gasteiger partial charge in [0.2, 0.25) is 0 Å². The van der Waals surface area contributed by atoms with Gasteiger partial charge in [-0.1, -0.05) is 48.7 Å². The predicted molar refractivity (Wildman–Crippen MR) is 134 cm³/mol. The standard InChI is InChI=1S/C25H26ClN3O3S/c1-32-22(31)11-5-3-2-4-10-21-28-24(27-15-16-12-13-19(30)18(26)14-16)23-17-8-6-7-9-20(17)33-25(23)29-21/h6-9,12-14,30H,2-5,10-11,15H2,1H3,(H,27,28,29). The lowest BCUT2D eigenvalue weighted by Gasteiger charge is -2.10. The number of hydrogen-bond donors (Lipinski definition) is 2. The van der Waals surface area contributed by atoms with Crippen LogP contribution in [0.25, 0.3) is 20.3 Å². The summed E-state index contributed by atoms with van der Waals surface area (Å²) in [5.41, 5.74) is 0.955. The van der Waals surface area contributed by atoms with Crippen LogP contribution in [0.5, 0.6) is 5.75 Å². The van der Waals surface area contributed by atoms with Crippen molar-refractivity contribution in [1.29, 1.82) is 0 Å². The van der Waals surface area contributed by atoms with Crippen molar-refractivity contribution in [3.8, 4) is 5.75 Å². The zero-order valence-corrected chi connectivity index (χ0v) is 20.0. The van der Waals surface area contributed by atoms with Crippen LogP contribution >= 0.6 is 22.9 Å². The number of anilines is 1. The van der Waals surface area contributed by atoms with Crippen LogP contribution in [0, 0.1) is 0 Å². The number of carbonyl (C=O) groups is 1. The number of phenolic OH excluding ortho intramolecular Hbond substituents is 1. The van der Waals surface area contributed by atoms with Crippen LogP contribution in [0.2, 0.25) is 5.02 Å². The van der Waals surface area contributed by atoms with Gasteiger partial charge in [0.1, 0.15) is 22.2 Å². The molecule has 0 atom stereocenters. The molecule has 4 rings (SSSR count). The fraction of sp³-hybridized carbons (Fsp3) is 0.320. The molecule has 0 bridgehead atoms. The van der Waals surface area contributed by atoms with Crippen LogP contribution in [0.4, 0.5) is 5.82 Å². The van der Waals surface area contributed by atoms with Crippen LogP contribution in [0.3, 0.4) is 0 Å². The van der Waals surface area contributed by atoms with Crippen molar-refractivity contribution < 1.29 is 14.6 Å². The fourth-order valence-corrected chi connectivity index (χ4v) is 5.06. The summed E-state index contributed by atoms with van der Waals surface area (Å²) in [5, 5.41) is 15.6. The second-order valence-corrected chi connectivity index (χ2v) is 9.33. The van der Waals surface area contributed by atoms with Crippen molar-refractivity contribution in [2.75, 3.05) is 12.4 Å². The lowest BCUT2D eigenvalue weighted by Crippen LogP contribution is -2.05. The van der Waals surface area contributed by atoms with Crippen LogP contribution in [-0.4, -0.2) is 28.2 Å². The normalized spacial score (nSPS) is 11.2. The van der Waals surface area contributed by atoms with Gasteiger partial charge < -0.3 is 15.2 Å². The van der Waals surface area contributed by atoms with E-state index in [1.807, 2.05) is 18.2 Å². The molecule has 0 saturated carbocycles. The third-order valence-electron chi connectivity index (χ3n) is 5.52. The number of halogens is 1. The zero-order valence-electron chi connectivity index (χ0n) is 18.4. The van der Waals surface area contributed by atoms with Crippen LogP contribution in [0.15, 0.2) is 42.5 Å². The molecule has 0 aliphatic carbocycles. The van der Waals surface area contributed by atoms with E-state index in [9.17, 15) is 9.90 Å². The number of carbonyl (C=O) groups excluding carboxylic acids is 1. The first-order valence-electron chi connectivity index (χ1n) is 11.0. The third kappa shape index (κ3) is 5.72. The Hall–Kier alpha value is -2.90. The Morgan fingerprint density at radius 1 is 1.12 bits per heavy atom. The summed E-state index contributed by atoms with van der Waals surface area (Å²) >= 11 is 7.74. The van der Waals surface area contributed by atoms with Gasteiger partial charge in [0.05, 0.1) is 17.5 Å². The molecule has 2 N–H and O–H groups in total. The van der Waals surface area contributed by atoms with Gasteiger partial charge in [0, 0.05) is 29.5 Å². The number of unbranched alkanes of at least 4 members (excludes halogenated alkanes) is 3. The number of aromatic hydroxyl groups is 1. The van der Waals surface area contributed by atoms with E-state index >= 15 is 0 Å². The van der Waals surface area contributed by atoms with Gasteiger partial charge in [-0.2, -0.15) is 0 Å². The van der Waals surface area contributed by atoms with E-state index < -0.39 is 0 Å². The van der Waals surface area contributed by atoms with E-state index in [0.717, 1.165) is 64.9 Å². The van der Waals surface area contributed by atoms with E-state index in [-0.39, 0.29) is 11.7 Å². The molecule has 4 aromatic rings. The maximum absolute atomic E-state index is 11.2. The molecular formula is C25H26ClN3O3S. The maximum atomic E-state index is 11.2. The summed E-state index contributed by atoms with van der Waals surface area (Å²) in [5.74, 6) is 1.54. The number of phenols is 1. The summed E-state index contributed by atoms with van der Waals surface area (Å²) < 4.78 is 5.87. The minimum atomic E-state index is -0.154. The van der Waals surface area contributed by atoms with E-state index in [4.69, 9.17) is 21.6 Å². The number of aromatic nitrogens is 2. The third-order valence-corrected chi connectivity index (χ3v) is 6.88. The smallest absolute Gasteiger partial charge is 0.305 e. The molecule has 0 aliphatic heterocycles. The predicted octanol–water partition coefficient (Wildman–Crippen LogP) is 6.48. The number of nitrogens with one attached hydrogen (secondary N) is 1. The number of ether oxygens (including phenoxy) is 1. The summed E-state index contributed by atoms with van der Waals surface area (Å²) in [4.78, 5) is 21.9. The van der Waals surface area contributed by atoms with E-state index in [0.29, 0.717) is 18.0 Å². The number of esters is 1. The molecule has 0 unspecified atom stereocenters. The number of fused-ring (bicyclic) bond motifs is 3. The SMILES string of the molecule is COC(=O)CCCCCCc1nc(NCc2ccc(O)c(Cl)c2)c2c(n1)sc1ccccc12. The second-order valence-electron chi connectivity index (χ2n) is 7.90. The van der Waals surface area contributed by atoms with Gasteiger partial charge in [-0.15, -0.1) is 11.3 Å². The van der Waals surface area contributed by atoms with Crippen molar-refractivity contribution in [1.82, 2.24) is 9.97 Å². The van der Waals surface area contributed by atoms with Crippen LogP contribution in [-0.2, 0) is 22.5 Å². The highest BCUT2D eigenvalue weighted by atomic mass is 35.5. The molecule has 0 fully saturated rings. The van der Waals surface area contributed by atoms with Gasteiger partial charge in [0.25, 0.3) is 0 Å². The number of rotatable bonds is 10. The number of benzene rings is 2. The highest BCUT2D eigenvalue weighted by Gasteiger charge is 2.14. The molecule has 2 heterocycles. The van der Waals surface area contributed by atoms with Gasteiger partial charge in [0.15, 0.2) is 0 Å². The quantitative estimate of drug-likeness (QED) is 0.198. The van der Waals surface area contributed by atoms with Crippen molar-refractivity contribution in [2.24, 2.45) is 0 Å². The van der Waals surface area contributed by atoms with Crippen molar-refractivity contribution >= 4 is 55.0 Å². The molecule has 0 amide bonds. The lowest BCUT2D eigenvalue weighted by atomic mass is 10.1. The summed E-state index contributed by atoms with van der Waals surface area (Å²) in [7, 11) is 1.42.